The SMILES string of the molecule is CC(O)CC(C)CNC(=O)c1cc2c(OC(F)F)cccc2[nH]1. The minimum Gasteiger partial charge on any atom is -0.434 e. The zero-order chi connectivity index (χ0) is 17.0. The van der Waals surface area contributed by atoms with Crippen LogP contribution in [-0.2, 0) is 0 Å². The summed E-state index contributed by atoms with van der Waals surface area (Å²) in [7, 11) is 0. The van der Waals surface area contributed by atoms with Gasteiger partial charge in [0.2, 0.25) is 0 Å². The summed E-state index contributed by atoms with van der Waals surface area (Å²) in [4.78, 5) is 15.0. The molecule has 2 atom stereocenters. The van der Waals surface area contributed by atoms with Crippen molar-refractivity contribution in [3.05, 3.63) is 30.0 Å². The fourth-order valence-electron chi connectivity index (χ4n) is 2.48. The van der Waals surface area contributed by atoms with Gasteiger partial charge in [0.1, 0.15) is 11.4 Å². The van der Waals surface area contributed by atoms with E-state index in [1.165, 1.54) is 12.1 Å². The van der Waals surface area contributed by atoms with Crippen molar-refractivity contribution in [2.45, 2.75) is 33.0 Å². The highest BCUT2D eigenvalue weighted by atomic mass is 19.3. The number of halogens is 2. The summed E-state index contributed by atoms with van der Waals surface area (Å²) in [6.07, 6.45) is 0.156. The van der Waals surface area contributed by atoms with Crippen molar-refractivity contribution < 1.29 is 23.4 Å². The maximum atomic E-state index is 12.4. The summed E-state index contributed by atoms with van der Waals surface area (Å²) in [5.74, 6) is -0.182. The lowest BCUT2D eigenvalue weighted by Crippen LogP contribution is -2.29. The van der Waals surface area contributed by atoms with Crippen LogP contribution in [0.15, 0.2) is 24.3 Å². The van der Waals surface area contributed by atoms with E-state index in [2.05, 4.69) is 15.0 Å². The van der Waals surface area contributed by atoms with Crippen molar-refractivity contribution in [2.75, 3.05) is 6.54 Å². The third kappa shape index (κ3) is 4.66. The molecule has 2 aromatic rings. The summed E-state index contributed by atoms with van der Waals surface area (Å²) in [5, 5.41) is 12.5. The van der Waals surface area contributed by atoms with Gasteiger partial charge in [-0.2, -0.15) is 8.78 Å². The molecule has 0 fully saturated rings. The first-order valence-electron chi connectivity index (χ1n) is 7.39. The third-order valence-corrected chi connectivity index (χ3v) is 3.44. The van der Waals surface area contributed by atoms with Crippen LogP contribution in [-0.4, -0.2) is 35.3 Å². The van der Waals surface area contributed by atoms with Crippen molar-refractivity contribution in [2.24, 2.45) is 5.92 Å². The second kappa shape index (κ2) is 7.41. The highest BCUT2D eigenvalue weighted by Crippen LogP contribution is 2.27. The Morgan fingerprint density at radius 3 is 2.78 bits per heavy atom. The molecule has 2 unspecified atom stereocenters. The van der Waals surface area contributed by atoms with Gasteiger partial charge in [0, 0.05) is 17.4 Å². The molecule has 1 heterocycles. The number of alkyl halides is 2. The Balaban J connectivity index is 2.09. The Morgan fingerprint density at radius 1 is 1.39 bits per heavy atom. The first-order chi connectivity index (χ1) is 10.9. The summed E-state index contributed by atoms with van der Waals surface area (Å²) in [5.41, 5.74) is 0.819. The number of benzene rings is 1. The molecule has 23 heavy (non-hydrogen) atoms. The predicted octanol–water partition coefficient (Wildman–Crippen LogP) is 2.91. The van der Waals surface area contributed by atoms with Gasteiger partial charge in [0.25, 0.3) is 5.91 Å². The highest BCUT2D eigenvalue weighted by Gasteiger charge is 2.15. The summed E-state index contributed by atoms with van der Waals surface area (Å²) in [6.45, 7) is 1.11. The van der Waals surface area contributed by atoms with Crippen LogP contribution in [0.3, 0.4) is 0 Å². The first kappa shape index (κ1) is 17.2. The molecular weight excluding hydrogens is 306 g/mol. The molecule has 5 nitrogen and oxygen atoms in total. The number of aliphatic hydroxyl groups excluding tert-OH is 1. The molecule has 7 heteroatoms. The number of carbonyl (C=O) groups excluding carboxylic acids is 1. The van der Waals surface area contributed by atoms with E-state index in [9.17, 15) is 18.7 Å². The van der Waals surface area contributed by atoms with Crippen LogP contribution < -0.4 is 10.1 Å². The zero-order valence-electron chi connectivity index (χ0n) is 13.0. The number of aromatic amines is 1. The number of aliphatic hydroxyl groups is 1. The minimum absolute atomic E-state index is 0.0234. The van der Waals surface area contributed by atoms with Crippen LogP contribution in [0.2, 0.25) is 0 Å². The number of amides is 1. The van der Waals surface area contributed by atoms with Gasteiger partial charge in [0.05, 0.1) is 6.10 Å². The molecule has 0 bridgehead atoms. The fraction of sp³-hybridized carbons (Fsp3) is 0.438. The molecule has 0 aliphatic heterocycles. The smallest absolute Gasteiger partial charge is 0.387 e. The van der Waals surface area contributed by atoms with Gasteiger partial charge in [-0.05, 0) is 37.5 Å². The van der Waals surface area contributed by atoms with E-state index in [1.54, 1.807) is 19.1 Å². The number of hydrogen-bond donors (Lipinski definition) is 3. The van der Waals surface area contributed by atoms with E-state index in [0.717, 1.165) is 0 Å². The molecule has 3 N–H and O–H groups in total. The van der Waals surface area contributed by atoms with Crippen LogP contribution >= 0.6 is 0 Å². The van der Waals surface area contributed by atoms with E-state index < -0.39 is 12.7 Å². The van der Waals surface area contributed by atoms with Crippen LogP contribution in [0.25, 0.3) is 10.9 Å². The average molecular weight is 326 g/mol. The molecule has 0 aliphatic rings. The van der Waals surface area contributed by atoms with E-state index in [4.69, 9.17) is 0 Å². The number of ether oxygens (including phenoxy) is 1. The summed E-state index contributed by atoms with van der Waals surface area (Å²) >= 11 is 0. The van der Waals surface area contributed by atoms with Gasteiger partial charge >= 0.3 is 6.61 Å². The number of hydrogen-bond acceptors (Lipinski definition) is 3. The average Bonchev–Trinajstić information content (AvgIpc) is 2.88. The van der Waals surface area contributed by atoms with E-state index in [-0.39, 0.29) is 23.3 Å². The molecule has 1 aromatic carbocycles. The van der Waals surface area contributed by atoms with Gasteiger partial charge in [-0.3, -0.25) is 4.79 Å². The summed E-state index contributed by atoms with van der Waals surface area (Å²) < 4.78 is 29.2. The lowest BCUT2D eigenvalue weighted by atomic mass is 10.0. The maximum absolute atomic E-state index is 12.4. The molecule has 0 aliphatic carbocycles. The minimum atomic E-state index is -2.92. The standard InChI is InChI=1S/C16H20F2N2O3/c1-9(6-10(2)21)8-19-15(22)13-7-11-12(20-13)4-3-5-14(11)23-16(17)18/h3-5,7,9-10,16,20-21H,6,8H2,1-2H3,(H,19,22). The lowest BCUT2D eigenvalue weighted by molar-refractivity contribution is -0.0487. The molecule has 0 radical (unpaired) electrons. The molecule has 1 aromatic heterocycles. The topological polar surface area (TPSA) is 74.3 Å². The lowest BCUT2D eigenvalue weighted by Gasteiger charge is -2.13. The maximum Gasteiger partial charge on any atom is 0.387 e. The van der Waals surface area contributed by atoms with E-state index >= 15 is 0 Å². The molecule has 126 valence electrons. The normalized spacial score (nSPS) is 14.0. The number of H-pyrrole nitrogens is 1. The highest BCUT2D eigenvalue weighted by molar-refractivity contribution is 5.99. The summed E-state index contributed by atoms with van der Waals surface area (Å²) in [6, 6.07) is 6.17. The van der Waals surface area contributed by atoms with Crippen LogP contribution in [0.1, 0.15) is 30.8 Å². The van der Waals surface area contributed by atoms with Crippen LogP contribution in [0.5, 0.6) is 5.75 Å². The Bertz CT molecular complexity index is 670. The molecule has 1 amide bonds. The molecule has 0 saturated heterocycles. The zero-order valence-corrected chi connectivity index (χ0v) is 13.0. The van der Waals surface area contributed by atoms with Crippen molar-refractivity contribution in [3.8, 4) is 5.75 Å². The van der Waals surface area contributed by atoms with Gasteiger partial charge in [-0.1, -0.05) is 13.0 Å². The number of aromatic nitrogens is 1. The van der Waals surface area contributed by atoms with Gasteiger partial charge in [-0.25, -0.2) is 0 Å². The van der Waals surface area contributed by atoms with Crippen molar-refractivity contribution in [3.63, 3.8) is 0 Å². The number of fused-ring (bicyclic) bond motifs is 1. The number of rotatable bonds is 7. The Hall–Kier alpha value is -2.15. The third-order valence-electron chi connectivity index (χ3n) is 3.44. The fourth-order valence-corrected chi connectivity index (χ4v) is 2.48. The molecular formula is C16H20F2N2O3. The molecule has 2 rings (SSSR count). The largest absolute Gasteiger partial charge is 0.434 e. The second-order valence-electron chi connectivity index (χ2n) is 5.68. The van der Waals surface area contributed by atoms with Crippen LogP contribution in [0, 0.1) is 5.92 Å². The Kier molecular flexibility index (Phi) is 5.54. The van der Waals surface area contributed by atoms with Crippen molar-refractivity contribution in [1.29, 1.82) is 0 Å². The van der Waals surface area contributed by atoms with Crippen molar-refractivity contribution in [1.82, 2.24) is 10.3 Å². The Morgan fingerprint density at radius 2 is 2.13 bits per heavy atom. The van der Waals surface area contributed by atoms with Gasteiger partial charge in [0.15, 0.2) is 0 Å². The van der Waals surface area contributed by atoms with E-state index in [0.29, 0.717) is 23.9 Å². The molecule has 0 saturated carbocycles. The number of nitrogens with one attached hydrogen (secondary N) is 2. The van der Waals surface area contributed by atoms with Gasteiger partial charge < -0.3 is 20.1 Å². The monoisotopic (exact) mass is 326 g/mol. The number of carbonyl (C=O) groups is 1. The first-order valence-corrected chi connectivity index (χ1v) is 7.39. The van der Waals surface area contributed by atoms with E-state index in [1.807, 2.05) is 6.92 Å². The quantitative estimate of drug-likeness (QED) is 0.732. The van der Waals surface area contributed by atoms with Crippen LogP contribution in [0.4, 0.5) is 8.78 Å². The molecule has 0 spiro atoms. The Labute approximate surface area is 132 Å². The van der Waals surface area contributed by atoms with Crippen molar-refractivity contribution >= 4 is 16.8 Å². The predicted molar refractivity (Wildman–Crippen MR) is 82.7 cm³/mol. The van der Waals surface area contributed by atoms with Gasteiger partial charge in [-0.15, -0.1) is 0 Å². The second-order valence-corrected chi connectivity index (χ2v) is 5.68.